The number of benzene rings is 4. The third-order valence-electron chi connectivity index (χ3n) is 11.2. The number of fused-ring (bicyclic) bond motifs is 3. The highest BCUT2D eigenvalue weighted by molar-refractivity contribution is 5.72. The average Bonchev–Trinajstić information content (AvgIpc) is 3.51. The number of aryl methyl sites for hydroxylation is 5. The predicted octanol–water partition coefficient (Wildman–Crippen LogP) is 9.61. The third-order valence-corrected chi connectivity index (χ3v) is 11.2. The summed E-state index contributed by atoms with van der Waals surface area (Å²) in [6, 6.07) is 53.7. The van der Waals surface area contributed by atoms with Gasteiger partial charge < -0.3 is 0 Å². The van der Waals surface area contributed by atoms with Gasteiger partial charge in [-0.3, -0.25) is 0 Å². The maximum Gasteiger partial charge on any atom is 0.257 e. The lowest BCUT2D eigenvalue weighted by atomic mass is 9.76. The third kappa shape index (κ3) is 5.22. The van der Waals surface area contributed by atoms with Gasteiger partial charge in [-0.1, -0.05) is 91.9 Å². The van der Waals surface area contributed by atoms with Crippen LogP contribution in [0.5, 0.6) is 0 Å². The first-order valence-corrected chi connectivity index (χ1v) is 18.2. The van der Waals surface area contributed by atoms with Crippen molar-refractivity contribution in [3.05, 3.63) is 185 Å². The standard InChI is InChI=1S/C48H46N3/c1-7-36-31-46(49(6)32-42(36)37-22-9-8-10-23-37)41-27-15-16-28-43(41)48(5,51-35(4)21-18-30-45(51)38-24-12-11-19-33(38)2)47-40-26-14-13-25-39(40)44-29-17-20-34(3)50(44)47/h8-32,47H,7H2,1-6H3/q+3. The van der Waals surface area contributed by atoms with Crippen LogP contribution in [0.25, 0.3) is 44.9 Å². The first-order valence-electron chi connectivity index (χ1n) is 18.2. The number of nitrogens with zero attached hydrogens (tertiary/aromatic N) is 3. The van der Waals surface area contributed by atoms with E-state index in [-0.39, 0.29) is 6.04 Å². The van der Waals surface area contributed by atoms with E-state index in [9.17, 15) is 0 Å². The highest BCUT2D eigenvalue weighted by atomic mass is 15.2. The molecule has 0 N–H and O–H groups in total. The molecule has 0 fully saturated rings. The summed E-state index contributed by atoms with van der Waals surface area (Å²) in [5, 5.41) is 0. The van der Waals surface area contributed by atoms with Crippen LogP contribution in [0.1, 0.15) is 53.5 Å². The molecule has 4 heterocycles. The predicted molar refractivity (Wildman–Crippen MR) is 207 cm³/mol. The van der Waals surface area contributed by atoms with Crippen LogP contribution in [0.4, 0.5) is 0 Å². The first-order chi connectivity index (χ1) is 24.8. The van der Waals surface area contributed by atoms with Gasteiger partial charge in [-0.2, -0.15) is 9.13 Å². The van der Waals surface area contributed by atoms with E-state index in [2.05, 4.69) is 207 Å². The molecule has 4 aromatic carbocycles. The fourth-order valence-corrected chi connectivity index (χ4v) is 8.82. The summed E-state index contributed by atoms with van der Waals surface area (Å²) in [6.07, 6.45) is 3.27. The summed E-state index contributed by atoms with van der Waals surface area (Å²) in [4.78, 5) is 0. The lowest BCUT2D eigenvalue weighted by molar-refractivity contribution is -0.824. The van der Waals surface area contributed by atoms with Crippen LogP contribution in [0.3, 0.4) is 0 Å². The molecule has 0 radical (unpaired) electrons. The van der Waals surface area contributed by atoms with Gasteiger partial charge in [0.1, 0.15) is 7.05 Å². The zero-order valence-electron chi connectivity index (χ0n) is 30.6. The molecule has 8 rings (SSSR count). The number of pyridine rings is 3. The number of rotatable bonds is 7. The zero-order chi connectivity index (χ0) is 35.3. The normalized spacial score (nSPS) is 14.5. The first kappa shape index (κ1) is 32.5. The molecule has 0 amide bonds. The van der Waals surface area contributed by atoms with Crippen LogP contribution in [-0.4, -0.2) is 0 Å². The van der Waals surface area contributed by atoms with Crippen LogP contribution in [0, 0.1) is 20.8 Å². The molecule has 51 heavy (non-hydrogen) atoms. The summed E-state index contributed by atoms with van der Waals surface area (Å²) in [5.41, 5.74) is 17.1. The molecule has 2 atom stereocenters. The Morgan fingerprint density at radius 3 is 1.94 bits per heavy atom. The molecule has 7 aromatic rings. The quantitative estimate of drug-likeness (QED) is 0.151. The number of hydrogen-bond donors (Lipinski definition) is 0. The Bertz CT molecular complexity index is 2430. The zero-order valence-corrected chi connectivity index (χ0v) is 30.6. The summed E-state index contributed by atoms with van der Waals surface area (Å²) < 4.78 is 7.57. The lowest BCUT2D eigenvalue weighted by Crippen LogP contribution is -2.67. The van der Waals surface area contributed by atoms with Crippen molar-refractivity contribution < 1.29 is 13.7 Å². The highest BCUT2D eigenvalue weighted by Gasteiger charge is 2.59. The average molecular weight is 665 g/mol. The number of aromatic nitrogens is 3. The molecule has 0 saturated heterocycles. The monoisotopic (exact) mass is 664 g/mol. The van der Waals surface area contributed by atoms with Crippen LogP contribution in [0.15, 0.2) is 152 Å². The van der Waals surface area contributed by atoms with E-state index >= 15 is 0 Å². The van der Waals surface area contributed by atoms with Crippen molar-refractivity contribution in [3.63, 3.8) is 0 Å². The van der Waals surface area contributed by atoms with E-state index < -0.39 is 5.54 Å². The largest absolute Gasteiger partial charge is 0.257 e. The smallest absolute Gasteiger partial charge is 0.200 e. The van der Waals surface area contributed by atoms with Gasteiger partial charge in [-0.05, 0) is 60.4 Å². The van der Waals surface area contributed by atoms with Crippen LogP contribution in [0.2, 0.25) is 0 Å². The second-order valence-electron chi connectivity index (χ2n) is 14.2. The van der Waals surface area contributed by atoms with Gasteiger partial charge in [-0.25, -0.2) is 4.57 Å². The van der Waals surface area contributed by atoms with E-state index in [1.54, 1.807) is 0 Å². The molecule has 0 bridgehead atoms. The van der Waals surface area contributed by atoms with Crippen molar-refractivity contribution in [1.82, 2.24) is 0 Å². The number of hydrogen-bond acceptors (Lipinski definition) is 0. The Morgan fingerprint density at radius 1 is 0.569 bits per heavy atom. The van der Waals surface area contributed by atoms with Gasteiger partial charge >= 0.3 is 0 Å². The maximum absolute atomic E-state index is 2.64. The summed E-state index contributed by atoms with van der Waals surface area (Å²) in [5.74, 6) is 0. The van der Waals surface area contributed by atoms with Gasteiger partial charge in [0.25, 0.3) is 11.6 Å². The van der Waals surface area contributed by atoms with Crippen LogP contribution < -0.4 is 13.7 Å². The van der Waals surface area contributed by atoms with Gasteiger partial charge in [0, 0.05) is 73.4 Å². The molecule has 0 saturated carbocycles. The van der Waals surface area contributed by atoms with Gasteiger partial charge in [-0.15, -0.1) is 0 Å². The van der Waals surface area contributed by atoms with Gasteiger partial charge in [0.15, 0.2) is 17.6 Å². The van der Waals surface area contributed by atoms with Crippen molar-refractivity contribution >= 4 is 0 Å². The second kappa shape index (κ2) is 12.9. The van der Waals surface area contributed by atoms with Crippen molar-refractivity contribution in [1.29, 1.82) is 0 Å². The Kier molecular flexibility index (Phi) is 8.23. The van der Waals surface area contributed by atoms with E-state index in [0.717, 1.165) is 6.42 Å². The molecule has 1 aliphatic rings. The molecular weight excluding hydrogens is 619 g/mol. The molecule has 1 aliphatic heterocycles. The van der Waals surface area contributed by atoms with Gasteiger partial charge in [0.05, 0.1) is 11.1 Å². The van der Waals surface area contributed by atoms with Crippen molar-refractivity contribution in [2.24, 2.45) is 7.05 Å². The molecule has 250 valence electrons. The molecular formula is C48H46N3+3. The van der Waals surface area contributed by atoms with E-state index in [4.69, 9.17) is 0 Å². The molecule has 0 spiro atoms. The Balaban J connectivity index is 1.48. The molecule has 3 aromatic heterocycles. The second-order valence-corrected chi connectivity index (χ2v) is 14.2. The Morgan fingerprint density at radius 2 is 1.20 bits per heavy atom. The fraction of sp³-hybridized carbons (Fsp3) is 0.188. The summed E-state index contributed by atoms with van der Waals surface area (Å²) in [6.45, 7) is 11.5. The summed E-state index contributed by atoms with van der Waals surface area (Å²) >= 11 is 0. The van der Waals surface area contributed by atoms with Crippen LogP contribution in [-0.2, 0) is 19.0 Å². The Labute approximate surface area is 302 Å². The maximum atomic E-state index is 2.64. The SMILES string of the molecule is CCc1cc(-c2ccccc2C(C)(C2c3ccccc3-c3cccc(C)[n+]32)[n+]2c(C)cccc2-c2ccccc2C)[n+](C)cc1-c1ccccc1. The molecule has 3 heteroatoms. The molecule has 0 aliphatic carbocycles. The molecule has 3 nitrogen and oxygen atoms in total. The minimum Gasteiger partial charge on any atom is -0.200 e. The van der Waals surface area contributed by atoms with E-state index in [0.29, 0.717) is 0 Å². The van der Waals surface area contributed by atoms with Crippen molar-refractivity contribution in [3.8, 4) is 44.9 Å². The van der Waals surface area contributed by atoms with Gasteiger partial charge in [0.2, 0.25) is 17.1 Å². The topological polar surface area (TPSA) is 11.6 Å². The highest BCUT2D eigenvalue weighted by Crippen LogP contribution is 2.47. The Hall–Kier alpha value is -5.67. The van der Waals surface area contributed by atoms with Crippen LogP contribution >= 0.6 is 0 Å². The minimum absolute atomic E-state index is 0.0283. The van der Waals surface area contributed by atoms with E-state index in [1.165, 1.54) is 78.5 Å². The van der Waals surface area contributed by atoms with E-state index in [1.807, 2.05) is 0 Å². The van der Waals surface area contributed by atoms with Crippen molar-refractivity contribution in [2.45, 2.75) is 52.6 Å². The minimum atomic E-state index is -0.574. The lowest BCUT2D eigenvalue weighted by Gasteiger charge is -2.32. The molecule has 2 unspecified atom stereocenters. The van der Waals surface area contributed by atoms with Crippen molar-refractivity contribution in [2.75, 3.05) is 0 Å². The fourth-order valence-electron chi connectivity index (χ4n) is 8.82. The summed E-state index contributed by atoms with van der Waals surface area (Å²) in [7, 11) is 2.20.